The van der Waals surface area contributed by atoms with E-state index in [9.17, 15) is 9.90 Å². The fraction of sp³-hybridized carbons (Fsp3) is 0.118. The number of rotatable bonds is 4. The second-order valence-electron chi connectivity index (χ2n) is 4.74. The minimum atomic E-state index is -0.941. The van der Waals surface area contributed by atoms with Crippen LogP contribution in [0, 0.1) is 0 Å². The van der Waals surface area contributed by atoms with Crippen LogP contribution in [0.15, 0.2) is 53.4 Å². The van der Waals surface area contributed by atoms with E-state index < -0.39 is 5.97 Å². The van der Waals surface area contributed by atoms with E-state index in [-0.39, 0.29) is 5.69 Å². The van der Waals surface area contributed by atoms with E-state index in [1.165, 1.54) is 11.8 Å². The van der Waals surface area contributed by atoms with E-state index in [2.05, 4.69) is 0 Å². The van der Waals surface area contributed by atoms with Gasteiger partial charge >= 0.3 is 5.97 Å². The summed E-state index contributed by atoms with van der Waals surface area (Å²) < 4.78 is 7.05. The molecule has 3 rings (SSSR count). The Kier molecular flexibility index (Phi) is 3.81. The quantitative estimate of drug-likeness (QED) is 0.738. The molecule has 0 unspecified atom stereocenters. The number of methoxy groups -OCH3 is 1. The second kappa shape index (κ2) is 5.77. The lowest BCUT2D eigenvalue weighted by Gasteiger charge is -2.08. The number of carboxylic acids is 1. The van der Waals surface area contributed by atoms with Crippen LogP contribution in [0.4, 0.5) is 0 Å². The van der Waals surface area contributed by atoms with Gasteiger partial charge in [0.1, 0.15) is 11.4 Å². The first-order valence-corrected chi connectivity index (χ1v) is 7.95. The van der Waals surface area contributed by atoms with Crippen molar-refractivity contribution in [2.24, 2.45) is 0 Å². The molecular formula is C17H15NO3S. The average Bonchev–Trinajstić information content (AvgIpc) is 2.89. The number of para-hydroxylation sites is 1. The van der Waals surface area contributed by atoms with Gasteiger partial charge in [-0.2, -0.15) is 0 Å². The Hall–Kier alpha value is -2.40. The summed E-state index contributed by atoms with van der Waals surface area (Å²) in [5.41, 5.74) is 1.96. The molecule has 2 aromatic carbocycles. The van der Waals surface area contributed by atoms with Crippen LogP contribution in [0.3, 0.4) is 0 Å². The van der Waals surface area contributed by atoms with Crippen LogP contribution < -0.4 is 4.74 Å². The molecule has 1 heterocycles. The number of carbonyl (C=O) groups is 1. The zero-order valence-electron chi connectivity index (χ0n) is 12.2. The Bertz CT molecular complexity index is 840. The van der Waals surface area contributed by atoms with Crippen molar-refractivity contribution >= 4 is 28.6 Å². The summed E-state index contributed by atoms with van der Waals surface area (Å²) >= 11 is 1.43. The molecule has 0 saturated carbocycles. The van der Waals surface area contributed by atoms with Crippen molar-refractivity contribution in [3.05, 3.63) is 54.2 Å². The highest BCUT2D eigenvalue weighted by atomic mass is 32.2. The first-order chi connectivity index (χ1) is 10.7. The number of thioether (sulfide) groups is 1. The van der Waals surface area contributed by atoms with Crippen molar-refractivity contribution in [2.75, 3.05) is 13.4 Å². The fourth-order valence-corrected chi connectivity index (χ4v) is 3.37. The van der Waals surface area contributed by atoms with Gasteiger partial charge in [0.25, 0.3) is 0 Å². The van der Waals surface area contributed by atoms with E-state index in [1.54, 1.807) is 11.7 Å². The molecule has 1 aromatic heterocycles. The van der Waals surface area contributed by atoms with Crippen LogP contribution in [0.5, 0.6) is 5.75 Å². The number of nitrogens with zero attached hydrogens (tertiary/aromatic N) is 1. The van der Waals surface area contributed by atoms with E-state index in [1.807, 2.05) is 54.8 Å². The first kappa shape index (κ1) is 14.5. The number of hydrogen-bond donors (Lipinski definition) is 1. The number of aromatic nitrogens is 1. The van der Waals surface area contributed by atoms with Crippen molar-refractivity contribution in [3.8, 4) is 11.4 Å². The normalized spacial score (nSPS) is 10.8. The highest BCUT2D eigenvalue weighted by Gasteiger charge is 2.23. The molecule has 0 saturated heterocycles. The van der Waals surface area contributed by atoms with E-state index in [0.717, 1.165) is 21.5 Å². The average molecular weight is 313 g/mol. The molecular weight excluding hydrogens is 298 g/mol. The van der Waals surface area contributed by atoms with Crippen LogP contribution in [0.1, 0.15) is 10.5 Å². The summed E-state index contributed by atoms with van der Waals surface area (Å²) in [7, 11) is 1.60. The Morgan fingerprint density at radius 2 is 1.91 bits per heavy atom. The molecule has 3 aromatic rings. The monoisotopic (exact) mass is 313 g/mol. The number of fused-ring (bicyclic) bond motifs is 1. The van der Waals surface area contributed by atoms with Crippen molar-refractivity contribution in [1.29, 1.82) is 0 Å². The minimum absolute atomic E-state index is 0.280. The third-order valence-corrected chi connectivity index (χ3v) is 4.37. The molecule has 0 aliphatic carbocycles. The molecule has 0 fully saturated rings. The lowest BCUT2D eigenvalue weighted by molar-refractivity contribution is 0.0685. The van der Waals surface area contributed by atoms with Crippen LogP contribution in [-0.2, 0) is 0 Å². The molecule has 0 radical (unpaired) electrons. The van der Waals surface area contributed by atoms with Crippen LogP contribution >= 0.6 is 11.8 Å². The lowest BCUT2D eigenvalue weighted by atomic mass is 10.2. The van der Waals surface area contributed by atoms with Gasteiger partial charge in [-0.05, 0) is 36.6 Å². The largest absolute Gasteiger partial charge is 0.497 e. The highest BCUT2D eigenvalue weighted by molar-refractivity contribution is 7.99. The molecule has 4 nitrogen and oxygen atoms in total. The second-order valence-corrected chi connectivity index (χ2v) is 5.56. The third-order valence-electron chi connectivity index (χ3n) is 3.55. The van der Waals surface area contributed by atoms with Gasteiger partial charge in [0, 0.05) is 16.0 Å². The van der Waals surface area contributed by atoms with Crippen molar-refractivity contribution in [1.82, 2.24) is 4.57 Å². The number of ether oxygens (including phenoxy) is 1. The molecule has 0 bridgehead atoms. The Morgan fingerprint density at radius 3 is 2.50 bits per heavy atom. The molecule has 0 aliphatic rings. The van der Waals surface area contributed by atoms with Crippen molar-refractivity contribution in [2.45, 2.75) is 4.90 Å². The molecule has 1 N–H and O–H groups in total. The van der Waals surface area contributed by atoms with Gasteiger partial charge < -0.3 is 14.4 Å². The molecule has 5 heteroatoms. The minimum Gasteiger partial charge on any atom is -0.497 e. The fourth-order valence-electron chi connectivity index (χ4n) is 2.61. The van der Waals surface area contributed by atoms with E-state index >= 15 is 0 Å². The molecule has 112 valence electrons. The maximum atomic E-state index is 11.8. The molecule has 0 spiro atoms. The van der Waals surface area contributed by atoms with Crippen LogP contribution in [-0.4, -0.2) is 29.0 Å². The van der Waals surface area contributed by atoms with E-state index in [4.69, 9.17) is 4.74 Å². The van der Waals surface area contributed by atoms with Crippen molar-refractivity contribution < 1.29 is 14.6 Å². The summed E-state index contributed by atoms with van der Waals surface area (Å²) in [6.07, 6.45) is 1.88. The zero-order valence-corrected chi connectivity index (χ0v) is 13.1. The first-order valence-electron chi connectivity index (χ1n) is 6.72. The van der Waals surface area contributed by atoms with Gasteiger partial charge in [0.05, 0.1) is 12.6 Å². The van der Waals surface area contributed by atoms with Gasteiger partial charge in [0.2, 0.25) is 0 Å². The number of hydrogen-bond acceptors (Lipinski definition) is 3. The third kappa shape index (κ3) is 2.23. The maximum absolute atomic E-state index is 11.8. The number of benzene rings is 2. The smallest absolute Gasteiger partial charge is 0.354 e. The summed E-state index contributed by atoms with van der Waals surface area (Å²) in [6, 6.07) is 15.1. The van der Waals surface area contributed by atoms with Crippen LogP contribution in [0.2, 0.25) is 0 Å². The molecule has 0 aliphatic heterocycles. The number of aromatic carboxylic acids is 1. The predicted octanol–water partition coefficient (Wildman–Crippen LogP) is 4.06. The summed E-state index contributed by atoms with van der Waals surface area (Å²) in [6.45, 7) is 0. The van der Waals surface area contributed by atoms with Gasteiger partial charge in [-0.15, -0.1) is 11.8 Å². The van der Waals surface area contributed by atoms with Gasteiger partial charge in [-0.3, -0.25) is 0 Å². The summed E-state index contributed by atoms with van der Waals surface area (Å²) in [4.78, 5) is 12.6. The van der Waals surface area contributed by atoms with E-state index in [0.29, 0.717) is 5.75 Å². The van der Waals surface area contributed by atoms with Gasteiger partial charge in [-0.1, -0.05) is 18.2 Å². The molecule has 0 atom stereocenters. The lowest BCUT2D eigenvalue weighted by Crippen LogP contribution is -2.07. The Morgan fingerprint density at radius 1 is 1.18 bits per heavy atom. The highest BCUT2D eigenvalue weighted by Crippen LogP contribution is 2.37. The predicted molar refractivity (Wildman–Crippen MR) is 88.6 cm³/mol. The Balaban J connectivity index is 2.44. The Labute approximate surface area is 132 Å². The number of carboxylic acid groups (broad SMARTS) is 1. The van der Waals surface area contributed by atoms with Gasteiger partial charge in [-0.25, -0.2) is 4.79 Å². The topological polar surface area (TPSA) is 51.5 Å². The SMILES string of the molecule is COc1ccc2c(c1)c(SC)c(C(=O)O)n2-c1ccccc1. The zero-order chi connectivity index (χ0) is 15.7. The van der Waals surface area contributed by atoms with Crippen LogP contribution in [0.25, 0.3) is 16.6 Å². The molecule has 0 amide bonds. The molecule has 22 heavy (non-hydrogen) atoms. The summed E-state index contributed by atoms with van der Waals surface area (Å²) in [5, 5.41) is 10.6. The standard InChI is InChI=1S/C17H15NO3S/c1-21-12-8-9-14-13(10-12)16(22-2)15(17(19)20)18(14)11-6-4-3-5-7-11/h3-10H,1-2H3,(H,19,20). The summed E-state index contributed by atoms with van der Waals surface area (Å²) in [5.74, 6) is -0.228. The van der Waals surface area contributed by atoms with Crippen molar-refractivity contribution in [3.63, 3.8) is 0 Å². The van der Waals surface area contributed by atoms with Gasteiger partial charge in [0.15, 0.2) is 0 Å². The maximum Gasteiger partial charge on any atom is 0.354 e.